The molecule has 2 aromatic rings. The number of carbonyl (C=O) groups is 2. The first-order chi connectivity index (χ1) is 14.5. The number of hydrogen-bond acceptors (Lipinski definition) is 2. The zero-order valence-corrected chi connectivity index (χ0v) is 17.5. The molecule has 0 unspecified atom stereocenters. The van der Waals surface area contributed by atoms with Crippen molar-refractivity contribution in [3.05, 3.63) is 65.0 Å². The average Bonchev–Trinajstić information content (AvgIpc) is 2.89. The average molecular weight is 409 g/mol. The molecule has 4 nitrogen and oxygen atoms in total. The molecule has 0 radical (unpaired) electrons. The van der Waals surface area contributed by atoms with Crippen molar-refractivity contribution in [2.45, 2.75) is 57.9 Å². The molecule has 0 spiro atoms. The van der Waals surface area contributed by atoms with E-state index in [1.807, 2.05) is 25.1 Å². The summed E-state index contributed by atoms with van der Waals surface area (Å²) in [6, 6.07) is 11.7. The Morgan fingerprint density at radius 3 is 2.57 bits per heavy atom. The van der Waals surface area contributed by atoms with Crippen LogP contribution >= 0.6 is 0 Å². The molecular weight excluding hydrogens is 379 g/mol. The second kappa shape index (κ2) is 8.99. The van der Waals surface area contributed by atoms with Crippen molar-refractivity contribution in [3.8, 4) is 0 Å². The summed E-state index contributed by atoms with van der Waals surface area (Å²) in [6.45, 7) is 1.99. The standard InChI is InChI=1S/C25H29FN2O2/c1-17-7-13-22-21(15-17)25(19-9-11-20(26)12-10-19)28(16-23(29)27-22)24(30)14-8-18-5-3-2-4-6-18/h7,9-13,15,18,25H,2-6,8,14,16H2,1H3,(H,27,29)/t25-/m1/s1. The van der Waals surface area contributed by atoms with E-state index in [9.17, 15) is 14.0 Å². The highest BCUT2D eigenvalue weighted by molar-refractivity contribution is 5.97. The molecule has 158 valence electrons. The molecule has 30 heavy (non-hydrogen) atoms. The lowest BCUT2D eigenvalue weighted by atomic mass is 9.86. The number of fused-ring (bicyclic) bond motifs is 1. The molecule has 0 aromatic heterocycles. The Hall–Kier alpha value is -2.69. The van der Waals surface area contributed by atoms with Crippen LogP contribution in [0.25, 0.3) is 0 Å². The van der Waals surface area contributed by atoms with Crippen molar-refractivity contribution in [1.29, 1.82) is 0 Å². The predicted molar refractivity (Wildman–Crippen MR) is 116 cm³/mol. The van der Waals surface area contributed by atoms with Crippen LogP contribution in [0.4, 0.5) is 10.1 Å². The topological polar surface area (TPSA) is 49.4 Å². The summed E-state index contributed by atoms with van der Waals surface area (Å²) in [7, 11) is 0. The van der Waals surface area contributed by atoms with E-state index < -0.39 is 6.04 Å². The second-order valence-corrected chi connectivity index (χ2v) is 8.66. The van der Waals surface area contributed by atoms with E-state index in [4.69, 9.17) is 0 Å². The first-order valence-electron chi connectivity index (χ1n) is 11.0. The Balaban J connectivity index is 1.67. The third kappa shape index (κ3) is 4.55. The minimum atomic E-state index is -0.418. The Labute approximate surface area is 177 Å². The third-order valence-corrected chi connectivity index (χ3v) is 6.40. The minimum absolute atomic E-state index is 0.000723. The fraction of sp³-hybridized carbons (Fsp3) is 0.440. The number of anilines is 1. The van der Waals surface area contributed by atoms with Gasteiger partial charge >= 0.3 is 0 Å². The van der Waals surface area contributed by atoms with Gasteiger partial charge in [-0.15, -0.1) is 0 Å². The lowest BCUT2D eigenvalue weighted by Crippen LogP contribution is -2.39. The van der Waals surface area contributed by atoms with Crippen LogP contribution < -0.4 is 5.32 Å². The van der Waals surface area contributed by atoms with Gasteiger partial charge in [0, 0.05) is 17.7 Å². The van der Waals surface area contributed by atoms with Gasteiger partial charge in [-0.1, -0.05) is 61.9 Å². The second-order valence-electron chi connectivity index (χ2n) is 8.66. The van der Waals surface area contributed by atoms with Crippen LogP contribution in [-0.4, -0.2) is 23.3 Å². The number of amides is 2. The van der Waals surface area contributed by atoms with Gasteiger partial charge in [0.05, 0.1) is 6.04 Å². The Kier molecular flexibility index (Phi) is 6.16. The highest BCUT2D eigenvalue weighted by Crippen LogP contribution is 2.37. The molecule has 1 aliphatic heterocycles. The molecule has 1 saturated carbocycles. The first kappa shape index (κ1) is 20.6. The molecule has 0 bridgehead atoms. The molecule has 4 rings (SSSR count). The van der Waals surface area contributed by atoms with Gasteiger partial charge in [-0.2, -0.15) is 0 Å². The quantitative estimate of drug-likeness (QED) is 0.740. The van der Waals surface area contributed by atoms with Crippen molar-refractivity contribution in [2.24, 2.45) is 5.92 Å². The molecule has 1 N–H and O–H groups in total. The largest absolute Gasteiger partial charge is 0.324 e. The Bertz CT molecular complexity index is 919. The molecule has 1 fully saturated rings. The van der Waals surface area contributed by atoms with E-state index in [2.05, 4.69) is 5.32 Å². The van der Waals surface area contributed by atoms with Crippen LogP contribution in [0.15, 0.2) is 42.5 Å². The maximum atomic E-state index is 13.6. The molecule has 5 heteroatoms. The molecule has 1 atom stereocenters. The maximum absolute atomic E-state index is 13.6. The highest BCUT2D eigenvalue weighted by Gasteiger charge is 2.33. The fourth-order valence-electron chi connectivity index (χ4n) is 4.81. The molecule has 1 aliphatic carbocycles. The smallest absolute Gasteiger partial charge is 0.244 e. The van der Waals surface area contributed by atoms with E-state index >= 15 is 0 Å². The summed E-state index contributed by atoms with van der Waals surface area (Å²) in [5.74, 6) is 0.0682. The number of benzene rings is 2. The predicted octanol–water partition coefficient (Wildman–Crippen LogP) is 5.36. The lowest BCUT2D eigenvalue weighted by Gasteiger charge is -2.31. The molecule has 0 saturated heterocycles. The lowest BCUT2D eigenvalue weighted by molar-refractivity contribution is -0.136. The minimum Gasteiger partial charge on any atom is -0.324 e. The van der Waals surface area contributed by atoms with Crippen molar-refractivity contribution >= 4 is 17.5 Å². The summed E-state index contributed by atoms with van der Waals surface area (Å²) in [5, 5.41) is 2.94. The van der Waals surface area contributed by atoms with Crippen LogP contribution in [0.3, 0.4) is 0 Å². The number of aryl methyl sites for hydroxylation is 1. The monoisotopic (exact) mass is 408 g/mol. The van der Waals surface area contributed by atoms with Gasteiger partial charge in [0.1, 0.15) is 12.4 Å². The van der Waals surface area contributed by atoms with E-state index in [0.717, 1.165) is 23.1 Å². The normalized spacial score (nSPS) is 19.7. The van der Waals surface area contributed by atoms with Crippen molar-refractivity contribution < 1.29 is 14.0 Å². The number of rotatable bonds is 4. The zero-order chi connectivity index (χ0) is 21.1. The fourth-order valence-corrected chi connectivity index (χ4v) is 4.81. The number of halogens is 1. The molecule has 2 aliphatic rings. The number of nitrogens with one attached hydrogen (secondary N) is 1. The SMILES string of the molecule is Cc1ccc2c(c1)[C@@H](c1ccc(F)cc1)N(C(=O)CCC1CCCCC1)CC(=O)N2. The van der Waals surface area contributed by atoms with Gasteiger partial charge in [-0.3, -0.25) is 9.59 Å². The Morgan fingerprint density at radius 1 is 1.10 bits per heavy atom. The van der Waals surface area contributed by atoms with Crippen LogP contribution in [-0.2, 0) is 9.59 Å². The molecule has 1 heterocycles. The summed E-state index contributed by atoms with van der Waals surface area (Å²) >= 11 is 0. The van der Waals surface area contributed by atoms with E-state index in [-0.39, 0.29) is 24.2 Å². The van der Waals surface area contributed by atoms with Crippen LogP contribution in [0.5, 0.6) is 0 Å². The van der Waals surface area contributed by atoms with Gasteiger partial charge in [0.25, 0.3) is 0 Å². The van der Waals surface area contributed by atoms with E-state index in [1.54, 1.807) is 17.0 Å². The zero-order valence-electron chi connectivity index (χ0n) is 17.5. The van der Waals surface area contributed by atoms with Gasteiger partial charge in [0.2, 0.25) is 11.8 Å². The van der Waals surface area contributed by atoms with Crippen molar-refractivity contribution in [3.63, 3.8) is 0 Å². The molecular formula is C25H29FN2O2. The molecule has 2 amide bonds. The van der Waals surface area contributed by atoms with Crippen molar-refractivity contribution in [2.75, 3.05) is 11.9 Å². The first-order valence-corrected chi connectivity index (χ1v) is 11.0. The van der Waals surface area contributed by atoms with Gasteiger partial charge < -0.3 is 10.2 Å². The number of carbonyl (C=O) groups excluding carboxylic acids is 2. The number of nitrogens with zero attached hydrogens (tertiary/aromatic N) is 1. The summed E-state index contributed by atoms with van der Waals surface area (Å²) in [4.78, 5) is 27.7. The summed E-state index contributed by atoms with van der Waals surface area (Å²) < 4.78 is 13.6. The van der Waals surface area contributed by atoms with E-state index in [0.29, 0.717) is 18.0 Å². The summed E-state index contributed by atoms with van der Waals surface area (Å²) in [5.41, 5.74) is 3.44. The van der Waals surface area contributed by atoms with Gasteiger partial charge in [-0.05, 0) is 43.0 Å². The van der Waals surface area contributed by atoms with Crippen molar-refractivity contribution in [1.82, 2.24) is 4.90 Å². The third-order valence-electron chi connectivity index (χ3n) is 6.40. The van der Waals surface area contributed by atoms with E-state index in [1.165, 1.54) is 44.2 Å². The van der Waals surface area contributed by atoms with Gasteiger partial charge in [0.15, 0.2) is 0 Å². The number of hydrogen-bond donors (Lipinski definition) is 1. The molecule has 2 aromatic carbocycles. The van der Waals surface area contributed by atoms with Crippen LogP contribution in [0.1, 0.15) is 67.7 Å². The Morgan fingerprint density at radius 2 is 1.83 bits per heavy atom. The van der Waals surface area contributed by atoms with Crippen LogP contribution in [0, 0.1) is 18.7 Å². The van der Waals surface area contributed by atoms with Crippen LogP contribution in [0.2, 0.25) is 0 Å². The highest BCUT2D eigenvalue weighted by atomic mass is 19.1. The van der Waals surface area contributed by atoms with Gasteiger partial charge in [-0.25, -0.2) is 4.39 Å². The summed E-state index contributed by atoms with van der Waals surface area (Å²) in [6.07, 6.45) is 7.48. The maximum Gasteiger partial charge on any atom is 0.244 e.